The average Bonchev–Trinajstić information content (AvgIpc) is 3.03. The normalized spacial score (nSPS) is 24.6. The van der Waals surface area contributed by atoms with Gasteiger partial charge in [0.05, 0.1) is 5.54 Å². The Morgan fingerprint density at radius 3 is 2.47 bits per heavy atom. The largest absolute Gasteiger partial charge is 0.335 e. The van der Waals surface area contributed by atoms with Gasteiger partial charge in [0, 0.05) is 12.6 Å². The second kappa shape index (κ2) is 4.39. The van der Waals surface area contributed by atoms with Crippen molar-refractivity contribution >= 4 is 6.03 Å². The van der Waals surface area contributed by atoms with Gasteiger partial charge in [0.1, 0.15) is 0 Å². The van der Waals surface area contributed by atoms with Crippen LogP contribution in [-0.2, 0) is 0 Å². The highest BCUT2D eigenvalue weighted by Gasteiger charge is 2.33. The molecule has 0 unspecified atom stereocenters. The van der Waals surface area contributed by atoms with Gasteiger partial charge in [-0.15, -0.1) is 0 Å². The van der Waals surface area contributed by atoms with E-state index in [9.17, 15) is 4.79 Å². The van der Waals surface area contributed by atoms with Crippen molar-refractivity contribution < 1.29 is 4.79 Å². The van der Waals surface area contributed by atoms with E-state index < -0.39 is 0 Å². The molecule has 2 aliphatic rings. The van der Waals surface area contributed by atoms with Crippen molar-refractivity contribution in [2.24, 2.45) is 5.73 Å². The standard InChI is InChI=1S/C11H21N3O/c12-8-11(6-2-1-3-7-11)14-10(15)13-9-4-5-9/h9H,1-8,12H2,(H2,13,14,15). The molecule has 0 aromatic heterocycles. The first kappa shape index (κ1) is 10.7. The Bertz CT molecular complexity index is 232. The molecule has 4 N–H and O–H groups in total. The number of nitrogens with one attached hydrogen (secondary N) is 2. The Balaban J connectivity index is 1.84. The number of nitrogens with two attached hydrogens (primary N) is 1. The lowest BCUT2D eigenvalue weighted by atomic mass is 9.82. The van der Waals surface area contributed by atoms with Crippen LogP contribution in [0.15, 0.2) is 0 Å². The molecule has 0 heterocycles. The van der Waals surface area contributed by atoms with E-state index in [0.29, 0.717) is 12.6 Å². The van der Waals surface area contributed by atoms with Crippen LogP contribution in [0.25, 0.3) is 0 Å². The van der Waals surface area contributed by atoms with Crippen molar-refractivity contribution in [3.63, 3.8) is 0 Å². The Morgan fingerprint density at radius 2 is 1.93 bits per heavy atom. The van der Waals surface area contributed by atoms with E-state index in [1.807, 2.05) is 0 Å². The van der Waals surface area contributed by atoms with E-state index in [0.717, 1.165) is 25.7 Å². The summed E-state index contributed by atoms with van der Waals surface area (Å²) >= 11 is 0. The van der Waals surface area contributed by atoms with Gasteiger partial charge in [0.2, 0.25) is 0 Å². The third-order valence-corrected chi connectivity index (χ3v) is 3.49. The topological polar surface area (TPSA) is 67.1 Å². The summed E-state index contributed by atoms with van der Waals surface area (Å²) in [6.45, 7) is 0.561. The van der Waals surface area contributed by atoms with Crippen molar-refractivity contribution in [1.82, 2.24) is 10.6 Å². The van der Waals surface area contributed by atoms with Crippen molar-refractivity contribution in [3.05, 3.63) is 0 Å². The minimum atomic E-state index is -0.128. The fraction of sp³-hybridized carbons (Fsp3) is 0.909. The molecule has 0 aromatic carbocycles. The van der Waals surface area contributed by atoms with Gasteiger partial charge >= 0.3 is 6.03 Å². The molecule has 15 heavy (non-hydrogen) atoms. The van der Waals surface area contributed by atoms with Crippen LogP contribution < -0.4 is 16.4 Å². The van der Waals surface area contributed by atoms with Crippen LogP contribution in [0.4, 0.5) is 4.79 Å². The first-order chi connectivity index (χ1) is 7.24. The molecule has 2 amide bonds. The zero-order chi connectivity index (χ0) is 10.7. The zero-order valence-corrected chi connectivity index (χ0v) is 9.22. The second-order valence-electron chi connectivity index (χ2n) is 4.92. The van der Waals surface area contributed by atoms with E-state index in [1.54, 1.807) is 0 Å². The highest BCUT2D eigenvalue weighted by atomic mass is 16.2. The van der Waals surface area contributed by atoms with Crippen LogP contribution in [0.3, 0.4) is 0 Å². The number of amides is 2. The van der Waals surface area contributed by atoms with Crippen molar-refractivity contribution in [2.75, 3.05) is 6.54 Å². The van der Waals surface area contributed by atoms with Crippen LogP contribution in [0, 0.1) is 0 Å². The molecule has 2 fully saturated rings. The van der Waals surface area contributed by atoms with E-state index in [4.69, 9.17) is 5.73 Å². The lowest BCUT2D eigenvalue weighted by molar-refractivity contribution is 0.205. The van der Waals surface area contributed by atoms with E-state index in [-0.39, 0.29) is 11.6 Å². The second-order valence-corrected chi connectivity index (χ2v) is 4.92. The summed E-state index contributed by atoms with van der Waals surface area (Å²) in [6.07, 6.45) is 7.95. The Kier molecular flexibility index (Phi) is 3.14. The summed E-state index contributed by atoms with van der Waals surface area (Å²) in [5.74, 6) is 0. The lowest BCUT2D eigenvalue weighted by Gasteiger charge is -2.37. The van der Waals surface area contributed by atoms with Gasteiger partial charge in [-0.05, 0) is 25.7 Å². The molecule has 0 bridgehead atoms. The Hall–Kier alpha value is -0.770. The molecular formula is C11H21N3O. The third kappa shape index (κ3) is 2.84. The average molecular weight is 211 g/mol. The molecule has 0 aliphatic heterocycles. The number of carbonyl (C=O) groups excluding carboxylic acids is 1. The van der Waals surface area contributed by atoms with Gasteiger partial charge in [0.15, 0.2) is 0 Å². The van der Waals surface area contributed by atoms with E-state index in [2.05, 4.69) is 10.6 Å². The van der Waals surface area contributed by atoms with E-state index in [1.165, 1.54) is 19.3 Å². The summed E-state index contributed by atoms with van der Waals surface area (Å²) in [5.41, 5.74) is 5.66. The fourth-order valence-corrected chi connectivity index (χ4v) is 2.30. The third-order valence-electron chi connectivity index (χ3n) is 3.49. The van der Waals surface area contributed by atoms with Crippen molar-refractivity contribution in [3.8, 4) is 0 Å². The highest BCUT2D eigenvalue weighted by Crippen LogP contribution is 2.27. The molecule has 0 spiro atoms. The van der Waals surface area contributed by atoms with Crippen LogP contribution in [0.5, 0.6) is 0 Å². The van der Waals surface area contributed by atoms with Gasteiger partial charge in [-0.1, -0.05) is 19.3 Å². The predicted molar refractivity (Wildman–Crippen MR) is 59.6 cm³/mol. The monoisotopic (exact) mass is 211 g/mol. The first-order valence-corrected chi connectivity index (χ1v) is 6.03. The number of hydrogen-bond acceptors (Lipinski definition) is 2. The van der Waals surface area contributed by atoms with Crippen LogP contribution in [-0.4, -0.2) is 24.2 Å². The maximum atomic E-state index is 11.6. The van der Waals surface area contributed by atoms with Crippen molar-refractivity contribution in [2.45, 2.75) is 56.5 Å². The van der Waals surface area contributed by atoms with Gasteiger partial charge in [-0.25, -0.2) is 4.79 Å². The molecular weight excluding hydrogens is 190 g/mol. The smallest absolute Gasteiger partial charge is 0.315 e. The number of urea groups is 1. The molecule has 2 saturated carbocycles. The zero-order valence-electron chi connectivity index (χ0n) is 9.22. The lowest BCUT2D eigenvalue weighted by Crippen LogP contribution is -2.57. The summed E-state index contributed by atoms with van der Waals surface area (Å²) in [6, 6.07) is 0.397. The van der Waals surface area contributed by atoms with Gasteiger partial charge in [0.25, 0.3) is 0 Å². The highest BCUT2D eigenvalue weighted by molar-refractivity contribution is 5.75. The van der Waals surface area contributed by atoms with E-state index >= 15 is 0 Å². The molecule has 0 saturated heterocycles. The quantitative estimate of drug-likeness (QED) is 0.654. The fourth-order valence-electron chi connectivity index (χ4n) is 2.30. The number of rotatable bonds is 3. The SMILES string of the molecule is NCC1(NC(=O)NC2CC2)CCCCC1. The maximum absolute atomic E-state index is 11.6. The van der Waals surface area contributed by atoms with Gasteiger partial charge in [-0.2, -0.15) is 0 Å². The molecule has 2 rings (SSSR count). The first-order valence-electron chi connectivity index (χ1n) is 6.03. The predicted octanol–water partition coefficient (Wildman–Crippen LogP) is 1.11. The maximum Gasteiger partial charge on any atom is 0.315 e. The molecule has 2 aliphatic carbocycles. The van der Waals surface area contributed by atoms with Crippen LogP contribution >= 0.6 is 0 Å². The van der Waals surface area contributed by atoms with Gasteiger partial charge < -0.3 is 16.4 Å². The van der Waals surface area contributed by atoms with Crippen LogP contribution in [0.1, 0.15) is 44.9 Å². The summed E-state index contributed by atoms with van der Waals surface area (Å²) in [7, 11) is 0. The minimum Gasteiger partial charge on any atom is -0.335 e. The summed E-state index contributed by atoms with van der Waals surface area (Å²) < 4.78 is 0. The molecule has 0 atom stereocenters. The molecule has 4 heteroatoms. The molecule has 86 valence electrons. The Labute approximate surface area is 91.0 Å². The molecule has 4 nitrogen and oxygen atoms in total. The Morgan fingerprint density at radius 1 is 1.27 bits per heavy atom. The summed E-state index contributed by atoms with van der Waals surface area (Å²) in [5, 5.41) is 6.03. The number of carbonyl (C=O) groups is 1. The van der Waals surface area contributed by atoms with Gasteiger partial charge in [-0.3, -0.25) is 0 Å². The van der Waals surface area contributed by atoms with Crippen molar-refractivity contribution in [1.29, 1.82) is 0 Å². The minimum absolute atomic E-state index is 0.0233. The molecule has 0 radical (unpaired) electrons. The number of hydrogen-bond donors (Lipinski definition) is 3. The van der Waals surface area contributed by atoms with Crippen LogP contribution in [0.2, 0.25) is 0 Å². The molecule has 0 aromatic rings. The summed E-state index contributed by atoms with van der Waals surface area (Å²) in [4.78, 5) is 11.6.